The Hall–Kier alpha value is -2.43. The van der Waals surface area contributed by atoms with Gasteiger partial charge >= 0.3 is 5.97 Å². The van der Waals surface area contributed by atoms with E-state index in [9.17, 15) is 14.7 Å². The molecule has 1 fully saturated rings. The van der Waals surface area contributed by atoms with Crippen molar-refractivity contribution < 1.29 is 14.7 Å². The highest BCUT2D eigenvalue weighted by Gasteiger charge is 2.32. The van der Waals surface area contributed by atoms with Gasteiger partial charge in [0.1, 0.15) is 0 Å². The lowest BCUT2D eigenvalue weighted by Gasteiger charge is -2.35. The lowest BCUT2D eigenvalue weighted by Crippen LogP contribution is -2.45. The van der Waals surface area contributed by atoms with Gasteiger partial charge in [-0.05, 0) is 24.0 Å². The molecule has 1 aliphatic rings. The number of likely N-dealkylation sites (tertiary alicyclic amines) is 1. The fraction of sp³-hybridized carbons (Fsp3) is 0.389. The van der Waals surface area contributed by atoms with E-state index in [0.29, 0.717) is 25.9 Å². The highest BCUT2D eigenvalue weighted by molar-refractivity contribution is 5.87. The first-order chi connectivity index (χ1) is 11.1. The van der Waals surface area contributed by atoms with E-state index >= 15 is 0 Å². The highest BCUT2D eigenvalue weighted by atomic mass is 16.4. The lowest BCUT2D eigenvalue weighted by molar-refractivity contribution is -0.148. The van der Waals surface area contributed by atoms with Gasteiger partial charge in [0.2, 0.25) is 5.91 Å². The van der Waals surface area contributed by atoms with Crippen molar-refractivity contribution >= 4 is 22.8 Å². The number of amides is 1. The number of fused-ring (bicyclic) bond motifs is 1. The van der Waals surface area contributed by atoms with Gasteiger partial charge in [0.25, 0.3) is 0 Å². The summed E-state index contributed by atoms with van der Waals surface area (Å²) in [6, 6.07) is 9.71. The van der Waals surface area contributed by atoms with Gasteiger partial charge in [0.15, 0.2) is 0 Å². The number of aliphatic carboxylic acids is 1. The number of hydrogen-bond acceptors (Lipinski definition) is 3. The Balaban J connectivity index is 1.73. The van der Waals surface area contributed by atoms with Crippen LogP contribution in [-0.2, 0) is 16.0 Å². The molecular weight excluding hydrogens is 292 g/mol. The molecule has 0 radical (unpaired) electrons. The topological polar surface area (TPSA) is 70.5 Å². The van der Waals surface area contributed by atoms with Crippen LogP contribution >= 0.6 is 0 Å². The number of carbonyl (C=O) groups is 2. The summed E-state index contributed by atoms with van der Waals surface area (Å²) in [6.45, 7) is 2.92. The molecule has 120 valence electrons. The van der Waals surface area contributed by atoms with Crippen LogP contribution in [0.25, 0.3) is 10.9 Å². The first-order valence-corrected chi connectivity index (χ1v) is 7.89. The van der Waals surface area contributed by atoms with Crippen molar-refractivity contribution in [1.29, 1.82) is 0 Å². The number of benzene rings is 1. The Labute approximate surface area is 134 Å². The van der Waals surface area contributed by atoms with E-state index in [2.05, 4.69) is 4.98 Å². The number of carboxylic acid groups (broad SMARTS) is 1. The standard InChI is InChI=1S/C18H20N2O3/c1-12-11-20(9-7-15(12)18(22)23)16(21)10-14-5-2-4-13-6-3-8-19-17(13)14/h2-6,8,12,15H,7,9-11H2,1H3,(H,22,23). The van der Waals surface area contributed by atoms with Crippen LogP contribution in [0.1, 0.15) is 18.9 Å². The second kappa shape index (κ2) is 6.36. The number of hydrogen-bond donors (Lipinski definition) is 1. The third kappa shape index (κ3) is 3.18. The zero-order valence-corrected chi connectivity index (χ0v) is 13.1. The third-order valence-corrected chi connectivity index (χ3v) is 4.63. The SMILES string of the molecule is CC1CN(C(=O)Cc2cccc3cccnc23)CCC1C(=O)O. The molecule has 2 atom stereocenters. The number of carbonyl (C=O) groups excluding carboxylic acids is 1. The average Bonchev–Trinajstić information content (AvgIpc) is 2.54. The molecule has 1 aliphatic heterocycles. The Morgan fingerprint density at radius 1 is 1.30 bits per heavy atom. The lowest BCUT2D eigenvalue weighted by atomic mass is 9.87. The quantitative estimate of drug-likeness (QED) is 0.944. The van der Waals surface area contributed by atoms with Crippen LogP contribution in [0, 0.1) is 11.8 Å². The van der Waals surface area contributed by atoms with Crippen molar-refractivity contribution in [3.63, 3.8) is 0 Å². The van der Waals surface area contributed by atoms with E-state index in [1.165, 1.54) is 0 Å². The van der Waals surface area contributed by atoms with Gasteiger partial charge in [-0.15, -0.1) is 0 Å². The number of piperidine rings is 1. The summed E-state index contributed by atoms with van der Waals surface area (Å²) in [5.41, 5.74) is 1.78. The molecule has 1 aromatic carbocycles. The molecule has 23 heavy (non-hydrogen) atoms. The van der Waals surface area contributed by atoms with Crippen LogP contribution in [0.5, 0.6) is 0 Å². The Morgan fingerprint density at radius 3 is 2.83 bits per heavy atom. The maximum absolute atomic E-state index is 12.6. The Morgan fingerprint density at radius 2 is 2.09 bits per heavy atom. The maximum Gasteiger partial charge on any atom is 0.306 e. The Kier molecular flexibility index (Phi) is 4.28. The Bertz CT molecular complexity index is 739. The summed E-state index contributed by atoms with van der Waals surface area (Å²) in [6.07, 6.45) is 2.56. The molecule has 2 aromatic rings. The minimum atomic E-state index is -0.761. The number of pyridine rings is 1. The van der Waals surface area contributed by atoms with Crippen molar-refractivity contribution in [1.82, 2.24) is 9.88 Å². The molecule has 0 spiro atoms. The van der Waals surface area contributed by atoms with Crippen LogP contribution < -0.4 is 0 Å². The normalized spacial score (nSPS) is 21.3. The molecule has 1 N–H and O–H groups in total. The van der Waals surface area contributed by atoms with Gasteiger partial charge in [-0.1, -0.05) is 31.2 Å². The minimum absolute atomic E-state index is 0.0177. The molecule has 5 nitrogen and oxygen atoms in total. The van der Waals surface area contributed by atoms with Gasteiger partial charge < -0.3 is 10.0 Å². The summed E-state index contributed by atoms with van der Waals surface area (Å²) < 4.78 is 0. The maximum atomic E-state index is 12.6. The molecule has 1 saturated heterocycles. The van der Waals surface area contributed by atoms with Crippen molar-refractivity contribution in [2.75, 3.05) is 13.1 Å². The van der Waals surface area contributed by atoms with Gasteiger partial charge in [-0.3, -0.25) is 14.6 Å². The monoisotopic (exact) mass is 312 g/mol. The number of aromatic nitrogens is 1. The summed E-state index contributed by atoms with van der Waals surface area (Å²) in [5, 5.41) is 10.2. The van der Waals surface area contributed by atoms with E-state index in [-0.39, 0.29) is 17.7 Å². The molecule has 0 saturated carbocycles. The van der Waals surface area contributed by atoms with Crippen molar-refractivity contribution in [3.8, 4) is 0 Å². The van der Waals surface area contributed by atoms with Crippen LogP contribution in [0.4, 0.5) is 0 Å². The summed E-state index contributed by atoms with van der Waals surface area (Å²) in [7, 11) is 0. The van der Waals surface area contributed by atoms with E-state index in [0.717, 1.165) is 16.5 Å². The second-order valence-electron chi connectivity index (χ2n) is 6.22. The summed E-state index contributed by atoms with van der Waals surface area (Å²) >= 11 is 0. The number of carboxylic acids is 1. The zero-order valence-electron chi connectivity index (χ0n) is 13.1. The molecule has 2 heterocycles. The smallest absolute Gasteiger partial charge is 0.306 e. The fourth-order valence-electron chi connectivity index (χ4n) is 3.32. The largest absolute Gasteiger partial charge is 0.481 e. The van der Waals surface area contributed by atoms with Crippen LogP contribution in [0.2, 0.25) is 0 Å². The molecule has 5 heteroatoms. The van der Waals surface area contributed by atoms with Gasteiger partial charge in [-0.2, -0.15) is 0 Å². The first kappa shape index (κ1) is 15.5. The van der Waals surface area contributed by atoms with Gasteiger partial charge in [0, 0.05) is 24.7 Å². The first-order valence-electron chi connectivity index (χ1n) is 7.89. The van der Waals surface area contributed by atoms with Crippen molar-refractivity contribution in [3.05, 3.63) is 42.1 Å². The van der Waals surface area contributed by atoms with Gasteiger partial charge in [0.05, 0.1) is 17.9 Å². The summed E-state index contributed by atoms with van der Waals surface area (Å²) in [5.74, 6) is -1.09. The third-order valence-electron chi connectivity index (χ3n) is 4.63. The molecule has 1 aromatic heterocycles. The number of nitrogens with zero attached hydrogens (tertiary/aromatic N) is 2. The molecule has 2 unspecified atom stereocenters. The number of para-hydroxylation sites is 1. The van der Waals surface area contributed by atoms with E-state index in [1.807, 2.05) is 37.3 Å². The van der Waals surface area contributed by atoms with Crippen LogP contribution in [0.3, 0.4) is 0 Å². The number of rotatable bonds is 3. The molecule has 0 bridgehead atoms. The van der Waals surface area contributed by atoms with Gasteiger partial charge in [-0.25, -0.2) is 0 Å². The predicted molar refractivity (Wildman–Crippen MR) is 86.9 cm³/mol. The highest BCUT2D eigenvalue weighted by Crippen LogP contribution is 2.24. The molecule has 0 aliphatic carbocycles. The van der Waals surface area contributed by atoms with Crippen LogP contribution in [-0.4, -0.2) is 40.0 Å². The molecular formula is C18H20N2O3. The van der Waals surface area contributed by atoms with Crippen LogP contribution in [0.15, 0.2) is 36.5 Å². The van der Waals surface area contributed by atoms with E-state index in [4.69, 9.17) is 0 Å². The fourth-order valence-corrected chi connectivity index (χ4v) is 3.32. The van der Waals surface area contributed by atoms with E-state index < -0.39 is 5.97 Å². The van der Waals surface area contributed by atoms with Crippen molar-refractivity contribution in [2.24, 2.45) is 11.8 Å². The second-order valence-corrected chi connectivity index (χ2v) is 6.22. The minimum Gasteiger partial charge on any atom is -0.481 e. The molecule has 1 amide bonds. The molecule has 3 rings (SSSR count). The van der Waals surface area contributed by atoms with E-state index in [1.54, 1.807) is 11.1 Å². The summed E-state index contributed by atoms with van der Waals surface area (Å²) in [4.78, 5) is 29.9. The van der Waals surface area contributed by atoms with Crippen molar-refractivity contribution in [2.45, 2.75) is 19.8 Å². The zero-order chi connectivity index (χ0) is 16.4. The predicted octanol–water partition coefficient (Wildman–Crippen LogP) is 2.35. The average molecular weight is 312 g/mol.